The Kier molecular flexibility index (Phi) is 17.0. The van der Waals surface area contributed by atoms with Crippen LogP contribution in [0.3, 0.4) is 0 Å². The number of hydrogen-bond acceptors (Lipinski definition) is 7. The maximum absolute atomic E-state index is 12.2. The van der Waals surface area contributed by atoms with Gasteiger partial charge in [0.25, 0.3) is 0 Å². The summed E-state index contributed by atoms with van der Waals surface area (Å²) in [5.74, 6) is 1.15. The van der Waals surface area contributed by atoms with Gasteiger partial charge in [-0.15, -0.1) is 4.33 Å². The normalized spacial score (nSPS) is 12.2. The van der Waals surface area contributed by atoms with Crippen LogP contribution < -0.4 is 0 Å². The lowest BCUT2D eigenvalue weighted by Crippen LogP contribution is -2.11. The first-order chi connectivity index (χ1) is 14.3. The van der Waals surface area contributed by atoms with Gasteiger partial charge in [-0.05, 0) is 37.8 Å². The smallest absolute Gasteiger partial charge is 0.306 e. The van der Waals surface area contributed by atoms with E-state index in [1.54, 1.807) is 6.26 Å². The van der Waals surface area contributed by atoms with Crippen LogP contribution in [0.25, 0.3) is 0 Å². The van der Waals surface area contributed by atoms with Crippen molar-refractivity contribution in [3.05, 3.63) is 24.2 Å². The van der Waals surface area contributed by atoms with Crippen LogP contribution in [0.5, 0.6) is 0 Å². The molecular formula is C22H38O6S. The van der Waals surface area contributed by atoms with Gasteiger partial charge in [-0.2, -0.15) is 0 Å². The Hall–Kier alpha value is -1.02. The molecule has 29 heavy (non-hydrogen) atoms. The second-order valence-electron chi connectivity index (χ2n) is 7.39. The number of carbonyl (C=O) groups excluding carboxylic acids is 1. The molecule has 0 amide bonds. The Morgan fingerprint density at radius 3 is 2.34 bits per heavy atom. The molecule has 6 nitrogen and oxygen atoms in total. The van der Waals surface area contributed by atoms with Gasteiger partial charge in [0.2, 0.25) is 0 Å². The van der Waals surface area contributed by atoms with Gasteiger partial charge in [-0.3, -0.25) is 4.79 Å². The van der Waals surface area contributed by atoms with Gasteiger partial charge in [0.1, 0.15) is 5.76 Å². The van der Waals surface area contributed by atoms with Gasteiger partial charge in [-0.1, -0.05) is 69.7 Å². The van der Waals surface area contributed by atoms with Crippen molar-refractivity contribution in [3.8, 4) is 0 Å². The van der Waals surface area contributed by atoms with Crippen LogP contribution in [0.15, 0.2) is 22.8 Å². The lowest BCUT2D eigenvalue weighted by atomic mass is 10.0. The molecule has 0 aliphatic carbocycles. The molecule has 1 unspecified atom stereocenters. The predicted octanol–water partition coefficient (Wildman–Crippen LogP) is 7.41. The van der Waals surface area contributed by atoms with Crippen molar-refractivity contribution in [2.24, 2.45) is 0 Å². The Bertz CT molecular complexity index is 480. The second-order valence-corrected chi connectivity index (χ2v) is 8.17. The van der Waals surface area contributed by atoms with Crippen molar-refractivity contribution in [1.29, 1.82) is 0 Å². The van der Waals surface area contributed by atoms with Gasteiger partial charge < -0.3 is 9.15 Å². The molecular weight excluding hydrogens is 392 g/mol. The van der Waals surface area contributed by atoms with Crippen LogP contribution in [0.4, 0.5) is 0 Å². The van der Waals surface area contributed by atoms with Crippen molar-refractivity contribution in [1.82, 2.24) is 0 Å². The van der Waals surface area contributed by atoms with Crippen LogP contribution >= 0.6 is 12.0 Å². The van der Waals surface area contributed by atoms with Gasteiger partial charge in [0, 0.05) is 24.2 Å². The molecule has 168 valence electrons. The fourth-order valence-electron chi connectivity index (χ4n) is 3.25. The summed E-state index contributed by atoms with van der Waals surface area (Å²) in [7, 11) is 0. The topological polar surface area (TPSA) is 78.1 Å². The van der Waals surface area contributed by atoms with E-state index in [-0.39, 0.29) is 12.1 Å². The maximum atomic E-state index is 12.2. The molecule has 0 radical (unpaired) electrons. The molecule has 7 heteroatoms. The first kappa shape index (κ1) is 26.0. The van der Waals surface area contributed by atoms with Gasteiger partial charge in [-0.25, -0.2) is 5.26 Å². The molecule has 0 aliphatic heterocycles. The number of rotatable bonds is 20. The summed E-state index contributed by atoms with van der Waals surface area (Å²) in [6.45, 7) is 2.25. The standard InChI is InChI=1S/C22H38O6S/c1-2-3-4-5-6-7-8-9-10-11-15-21(20-16-14-18-25-20)26-22(23)17-12-13-19-29-28-27-24/h14,16,18,21,24H,2-13,15,17,19H2,1H3. The van der Waals surface area contributed by atoms with Crippen molar-refractivity contribution < 1.29 is 28.6 Å². The number of ether oxygens (including phenoxy) is 1. The zero-order chi connectivity index (χ0) is 21.0. The highest BCUT2D eigenvalue weighted by atomic mass is 32.2. The Balaban J connectivity index is 2.15. The lowest BCUT2D eigenvalue weighted by molar-refractivity contribution is -0.432. The van der Waals surface area contributed by atoms with Gasteiger partial charge in [0.15, 0.2) is 6.10 Å². The Labute approximate surface area is 179 Å². The van der Waals surface area contributed by atoms with Gasteiger partial charge >= 0.3 is 5.97 Å². The van der Waals surface area contributed by atoms with E-state index in [4.69, 9.17) is 14.4 Å². The third-order valence-electron chi connectivity index (χ3n) is 4.89. The van der Waals surface area contributed by atoms with E-state index in [2.05, 4.69) is 16.3 Å². The summed E-state index contributed by atoms with van der Waals surface area (Å²) in [6.07, 6.45) is 16.7. The van der Waals surface area contributed by atoms with E-state index in [0.29, 0.717) is 18.6 Å². The minimum atomic E-state index is -0.299. The van der Waals surface area contributed by atoms with Crippen molar-refractivity contribution in [3.63, 3.8) is 0 Å². The summed E-state index contributed by atoms with van der Waals surface area (Å²) in [6, 6.07) is 3.70. The highest BCUT2D eigenvalue weighted by molar-refractivity contribution is 7.94. The zero-order valence-corrected chi connectivity index (χ0v) is 18.6. The quantitative estimate of drug-likeness (QED) is 0.0758. The first-order valence-electron chi connectivity index (χ1n) is 11.1. The molecule has 1 N–H and O–H groups in total. The van der Waals surface area contributed by atoms with E-state index < -0.39 is 0 Å². The van der Waals surface area contributed by atoms with Gasteiger partial charge in [0.05, 0.1) is 6.26 Å². The van der Waals surface area contributed by atoms with Crippen molar-refractivity contribution in [2.45, 2.75) is 103 Å². The summed E-state index contributed by atoms with van der Waals surface area (Å²) in [4.78, 5) is 12.2. The number of unbranched alkanes of at least 4 members (excludes halogenated alkanes) is 10. The molecule has 0 saturated heterocycles. The average Bonchev–Trinajstić information content (AvgIpc) is 3.26. The first-order valence-corrected chi connectivity index (χ1v) is 12.0. The van der Waals surface area contributed by atoms with Crippen LogP contribution in [0.1, 0.15) is 109 Å². The number of esters is 1. The third-order valence-corrected chi connectivity index (χ3v) is 5.50. The molecule has 0 bridgehead atoms. The highest BCUT2D eigenvalue weighted by Gasteiger charge is 2.18. The molecule has 0 fully saturated rings. The summed E-state index contributed by atoms with van der Waals surface area (Å²) >= 11 is 1.00. The number of furan rings is 1. The molecule has 0 saturated carbocycles. The molecule has 1 heterocycles. The zero-order valence-electron chi connectivity index (χ0n) is 17.8. The van der Waals surface area contributed by atoms with Crippen LogP contribution in [0.2, 0.25) is 0 Å². The fraction of sp³-hybridized carbons (Fsp3) is 0.773. The molecule has 0 spiro atoms. The second kappa shape index (κ2) is 19.0. The molecule has 0 aliphatic rings. The SMILES string of the molecule is CCCCCCCCCCCCC(OC(=O)CCCCSOOO)c1ccco1. The van der Waals surface area contributed by atoms with Crippen molar-refractivity contribution in [2.75, 3.05) is 5.75 Å². The number of carbonyl (C=O) groups is 1. The largest absolute Gasteiger partial charge is 0.465 e. The summed E-state index contributed by atoms with van der Waals surface area (Å²) < 4.78 is 15.4. The lowest BCUT2D eigenvalue weighted by Gasteiger charge is -2.16. The Morgan fingerprint density at radius 2 is 1.72 bits per heavy atom. The molecule has 0 aromatic carbocycles. The van der Waals surface area contributed by atoms with E-state index in [9.17, 15) is 4.79 Å². The minimum absolute atomic E-state index is 0.206. The van der Waals surface area contributed by atoms with Crippen LogP contribution in [-0.2, 0) is 18.9 Å². The van der Waals surface area contributed by atoms with E-state index >= 15 is 0 Å². The molecule has 1 rings (SSSR count). The van der Waals surface area contributed by atoms with Crippen LogP contribution in [-0.4, -0.2) is 17.0 Å². The maximum Gasteiger partial charge on any atom is 0.306 e. The van der Waals surface area contributed by atoms with E-state index in [1.165, 1.54) is 51.4 Å². The predicted molar refractivity (Wildman–Crippen MR) is 115 cm³/mol. The average molecular weight is 431 g/mol. The summed E-state index contributed by atoms with van der Waals surface area (Å²) in [5.41, 5.74) is 0. The monoisotopic (exact) mass is 430 g/mol. The Morgan fingerprint density at radius 1 is 1.03 bits per heavy atom. The van der Waals surface area contributed by atoms with E-state index in [1.807, 2.05) is 12.1 Å². The molecule has 1 atom stereocenters. The third kappa shape index (κ3) is 14.6. The summed E-state index contributed by atoms with van der Waals surface area (Å²) in [5, 5.41) is 11.6. The molecule has 1 aromatic heterocycles. The minimum Gasteiger partial charge on any atom is -0.465 e. The fourth-order valence-corrected chi connectivity index (χ4v) is 3.69. The van der Waals surface area contributed by atoms with Crippen molar-refractivity contribution >= 4 is 18.0 Å². The molecule has 1 aromatic rings. The van der Waals surface area contributed by atoms with E-state index in [0.717, 1.165) is 43.5 Å². The van der Waals surface area contributed by atoms with Crippen LogP contribution in [0, 0.1) is 0 Å². The number of hydrogen-bond donors (Lipinski definition) is 1. The highest BCUT2D eigenvalue weighted by Crippen LogP contribution is 2.26.